The van der Waals surface area contributed by atoms with Crippen LogP contribution in [0.4, 0.5) is 4.39 Å². The Bertz CT molecular complexity index is 878. The third-order valence-corrected chi connectivity index (χ3v) is 4.86. The van der Waals surface area contributed by atoms with Gasteiger partial charge in [-0.3, -0.25) is 9.59 Å². The fourth-order valence-electron chi connectivity index (χ4n) is 3.34. The minimum Gasteiger partial charge on any atom is -0.454 e. The van der Waals surface area contributed by atoms with E-state index >= 15 is 0 Å². The van der Waals surface area contributed by atoms with E-state index in [-0.39, 0.29) is 30.2 Å². The lowest BCUT2D eigenvalue weighted by atomic mass is 10.0. The summed E-state index contributed by atoms with van der Waals surface area (Å²) in [5, 5.41) is 2.99. The molecule has 2 heterocycles. The lowest BCUT2D eigenvalue weighted by Gasteiger charge is -2.32. The molecule has 2 aromatic carbocycles. The predicted octanol–water partition coefficient (Wildman–Crippen LogP) is 2.59. The van der Waals surface area contributed by atoms with Crippen molar-refractivity contribution in [2.45, 2.75) is 18.9 Å². The minimum absolute atomic E-state index is 0.0346. The summed E-state index contributed by atoms with van der Waals surface area (Å²) in [7, 11) is 0. The number of benzene rings is 2. The molecule has 0 bridgehead atoms. The molecular weight excluding hydrogens is 351 g/mol. The molecule has 0 aliphatic carbocycles. The quantitative estimate of drug-likeness (QED) is 0.902. The van der Waals surface area contributed by atoms with Gasteiger partial charge >= 0.3 is 0 Å². The summed E-state index contributed by atoms with van der Waals surface area (Å²) in [6.07, 6.45) is 1.24. The van der Waals surface area contributed by atoms with Gasteiger partial charge in [0, 0.05) is 24.7 Å². The van der Waals surface area contributed by atoms with Gasteiger partial charge in [0.2, 0.25) is 6.79 Å². The van der Waals surface area contributed by atoms with Crippen LogP contribution in [0.5, 0.6) is 11.5 Å². The van der Waals surface area contributed by atoms with Crippen molar-refractivity contribution in [1.29, 1.82) is 0 Å². The molecule has 140 valence electrons. The van der Waals surface area contributed by atoms with Crippen LogP contribution in [0.15, 0.2) is 42.5 Å². The van der Waals surface area contributed by atoms with Crippen molar-refractivity contribution < 1.29 is 23.5 Å². The Morgan fingerprint density at radius 2 is 1.78 bits per heavy atom. The lowest BCUT2D eigenvalue weighted by molar-refractivity contribution is 0.0693. The zero-order valence-corrected chi connectivity index (χ0v) is 14.6. The molecule has 0 atom stereocenters. The third kappa shape index (κ3) is 3.58. The van der Waals surface area contributed by atoms with Crippen LogP contribution in [-0.2, 0) is 0 Å². The van der Waals surface area contributed by atoms with Crippen LogP contribution in [0.25, 0.3) is 0 Å². The molecule has 1 saturated heterocycles. The Hall–Kier alpha value is -3.09. The number of nitrogens with one attached hydrogen (secondary N) is 1. The summed E-state index contributed by atoms with van der Waals surface area (Å²) in [6.45, 7) is 1.10. The molecule has 0 aromatic heterocycles. The first-order valence-corrected chi connectivity index (χ1v) is 8.86. The Morgan fingerprint density at radius 1 is 1.04 bits per heavy atom. The molecule has 2 amide bonds. The maximum Gasteiger partial charge on any atom is 0.256 e. The van der Waals surface area contributed by atoms with Crippen LogP contribution in [0.1, 0.15) is 33.6 Å². The summed E-state index contributed by atoms with van der Waals surface area (Å²) >= 11 is 0. The zero-order chi connectivity index (χ0) is 18.8. The fourth-order valence-corrected chi connectivity index (χ4v) is 3.34. The molecule has 2 aromatic rings. The molecule has 6 nitrogen and oxygen atoms in total. The number of hydrogen-bond acceptors (Lipinski definition) is 4. The van der Waals surface area contributed by atoms with Crippen molar-refractivity contribution in [3.63, 3.8) is 0 Å². The minimum atomic E-state index is -0.513. The summed E-state index contributed by atoms with van der Waals surface area (Å²) < 4.78 is 24.3. The average Bonchev–Trinajstić information content (AvgIpc) is 3.16. The molecule has 2 aliphatic rings. The number of halogens is 1. The first kappa shape index (κ1) is 17.3. The van der Waals surface area contributed by atoms with Crippen molar-refractivity contribution in [2.24, 2.45) is 0 Å². The monoisotopic (exact) mass is 370 g/mol. The molecule has 2 aliphatic heterocycles. The van der Waals surface area contributed by atoms with Crippen LogP contribution in [-0.4, -0.2) is 42.6 Å². The van der Waals surface area contributed by atoms with E-state index in [0.717, 1.165) is 0 Å². The first-order chi connectivity index (χ1) is 13.1. The predicted molar refractivity (Wildman–Crippen MR) is 95.4 cm³/mol. The number of nitrogens with zero attached hydrogens (tertiary/aromatic N) is 1. The largest absolute Gasteiger partial charge is 0.454 e. The summed E-state index contributed by atoms with van der Waals surface area (Å²) in [4.78, 5) is 26.5. The van der Waals surface area contributed by atoms with Crippen molar-refractivity contribution in [1.82, 2.24) is 10.2 Å². The molecule has 4 rings (SSSR count). The van der Waals surface area contributed by atoms with Gasteiger partial charge in [0.05, 0.1) is 5.56 Å². The standard InChI is InChI=1S/C20H19FN2O4/c21-16-4-2-1-3-15(16)20(25)23-9-7-14(8-10-23)22-19(24)13-5-6-17-18(11-13)27-12-26-17/h1-6,11,14H,7-10,12H2,(H,22,24). The Morgan fingerprint density at radius 3 is 2.56 bits per heavy atom. The fraction of sp³-hybridized carbons (Fsp3) is 0.300. The highest BCUT2D eigenvalue weighted by Crippen LogP contribution is 2.32. The molecule has 0 unspecified atom stereocenters. The van der Waals surface area contributed by atoms with Crippen molar-refractivity contribution >= 4 is 11.8 Å². The van der Waals surface area contributed by atoms with Gasteiger partial charge in [0.1, 0.15) is 5.82 Å². The van der Waals surface area contributed by atoms with Crippen LogP contribution in [0.3, 0.4) is 0 Å². The first-order valence-electron chi connectivity index (χ1n) is 8.86. The normalized spacial score (nSPS) is 16.3. The highest BCUT2D eigenvalue weighted by molar-refractivity contribution is 5.95. The molecule has 27 heavy (non-hydrogen) atoms. The molecule has 0 spiro atoms. The third-order valence-electron chi connectivity index (χ3n) is 4.86. The highest BCUT2D eigenvalue weighted by atomic mass is 19.1. The molecule has 0 radical (unpaired) electrons. The maximum atomic E-state index is 13.8. The number of carbonyl (C=O) groups excluding carboxylic acids is 2. The number of rotatable bonds is 3. The van der Waals surface area contributed by atoms with E-state index in [1.54, 1.807) is 35.2 Å². The number of piperidine rings is 1. The Balaban J connectivity index is 1.33. The van der Waals surface area contributed by atoms with Gasteiger partial charge < -0.3 is 19.7 Å². The van der Waals surface area contributed by atoms with Gasteiger partial charge in [-0.05, 0) is 43.2 Å². The van der Waals surface area contributed by atoms with Crippen molar-refractivity contribution in [2.75, 3.05) is 19.9 Å². The number of ether oxygens (including phenoxy) is 2. The molecule has 1 fully saturated rings. The van der Waals surface area contributed by atoms with Crippen LogP contribution in [0.2, 0.25) is 0 Å². The van der Waals surface area contributed by atoms with Gasteiger partial charge in [0.25, 0.3) is 11.8 Å². The van der Waals surface area contributed by atoms with Gasteiger partial charge in [-0.1, -0.05) is 12.1 Å². The SMILES string of the molecule is O=C(NC1CCN(C(=O)c2ccccc2F)CC1)c1ccc2c(c1)OCO2. The highest BCUT2D eigenvalue weighted by Gasteiger charge is 2.26. The van der Waals surface area contributed by atoms with Crippen LogP contribution in [0, 0.1) is 5.82 Å². The van der Waals surface area contributed by atoms with Gasteiger partial charge in [0.15, 0.2) is 11.5 Å². The summed E-state index contributed by atoms with van der Waals surface area (Å²) in [6, 6.07) is 11.0. The van der Waals surface area contributed by atoms with Crippen LogP contribution >= 0.6 is 0 Å². The van der Waals surface area contributed by atoms with Gasteiger partial charge in [-0.25, -0.2) is 4.39 Å². The van der Waals surface area contributed by atoms with Gasteiger partial charge in [-0.2, -0.15) is 0 Å². The van der Waals surface area contributed by atoms with E-state index in [1.807, 2.05) is 0 Å². The smallest absolute Gasteiger partial charge is 0.256 e. The molecular formula is C20H19FN2O4. The van der Waals surface area contributed by atoms with Crippen molar-refractivity contribution in [3.05, 3.63) is 59.4 Å². The van der Waals surface area contributed by atoms with E-state index < -0.39 is 5.82 Å². The maximum absolute atomic E-state index is 13.8. The number of fused-ring (bicyclic) bond motifs is 1. The van der Waals surface area contributed by atoms with E-state index in [0.29, 0.717) is 43.0 Å². The second-order valence-corrected chi connectivity index (χ2v) is 6.59. The van der Waals surface area contributed by atoms with Crippen LogP contribution < -0.4 is 14.8 Å². The summed E-state index contributed by atoms with van der Waals surface area (Å²) in [5.41, 5.74) is 0.587. The second-order valence-electron chi connectivity index (χ2n) is 6.59. The number of likely N-dealkylation sites (tertiary alicyclic amines) is 1. The molecule has 7 heteroatoms. The number of carbonyl (C=O) groups is 2. The number of hydrogen-bond donors (Lipinski definition) is 1. The topological polar surface area (TPSA) is 67.9 Å². The molecule has 1 N–H and O–H groups in total. The average molecular weight is 370 g/mol. The van der Waals surface area contributed by atoms with E-state index in [4.69, 9.17) is 9.47 Å². The lowest BCUT2D eigenvalue weighted by Crippen LogP contribution is -2.46. The Kier molecular flexibility index (Phi) is 4.66. The molecule has 0 saturated carbocycles. The van der Waals surface area contributed by atoms with E-state index in [1.165, 1.54) is 12.1 Å². The number of amides is 2. The van der Waals surface area contributed by atoms with E-state index in [2.05, 4.69) is 5.32 Å². The Labute approximate surface area is 155 Å². The second kappa shape index (κ2) is 7.26. The summed E-state index contributed by atoms with van der Waals surface area (Å²) in [5.74, 6) is 0.182. The van der Waals surface area contributed by atoms with E-state index in [9.17, 15) is 14.0 Å². The van der Waals surface area contributed by atoms with Crippen molar-refractivity contribution in [3.8, 4) is 11.5 Å². The van der Waals surface area contributed by atoms with Gasteiger partial charge in [-0.15, -0.1) is 0 Å². The zero-order valence-electron chi connectivity index (χ0n) is 14.6.